The van der Waals surface area contributed by atoms with Crippen LogP contribution in [0.15, 0.2) is 54.6 Å². The molecule has 0 aliphatic rings. The Bertz CT molecular complexity index is 1220. The smallest absolute Gasteiger partial charge is 0.255 e. The van der Waals surface area contributed by atoms with E-state index >= 15 is 0 Å². The zero-order valence-electron chi connectivity index (χ0n) is 16.3. The number of aromatic nitrogens is 2. The summed E-state index contributed by atoms with van der Waals surface area (Å²) >= 11 is 1.55. The van der Waals surface area contributed by atoms with Crippen molar-refractivity contribution in [2.75, 3.05) is 10.6 Å². The fraction of sp³-hybridized carbons (Fsp3) is 0.136. The van der Waals surface area contributed by atoms with Gasteiger partial charge in [-0.25, -0.2) is 4.98 Å². The standard InChI is InChI=1S/C22H20N4O2S/c1-13-7-8-14(2)26(13)22-25-19-10-9-16(11-20(19)29-22)21(28)24-18-6-4-5-17(12-18)23-15(3)27/h4-12H,1-3H3,(H,23,27)(H,24,28). The number of fused-ring (bicyclic) bond motifs is 1. The highest BCUT2D eigenvalue weighted by molar-refractivity contribution is 7.20. The summed E-state index contributed by atoms with van der Waals surface area (Å²) in [5, 5.41) is 6.48. The summed E-state index contributed by atoms with van der Waals surface area (Å²) in [7, 11) is 0. The van der Waals surface area contributed by atoms with Crippen LogP contribution < -0.4 is 10.6 Å². The number of rotatable bonds is 4. The van der Waals surface area contributed by atoms with Gasteiger partial charge >= 0.3 is 0 Å². The molecule has 0 atom stereocenters. The number of thiazole rings is 1. The third-order valence-electron chi connectivity index (χ3n) is 4.54. The molecule has 29 heavy (non-hydrogen) atoms. The van der Waals surface area contributed by atoms with E-state index in [0.717, 1.165) is 26.7 Å². The molecule has 0 saturated carbocycles. The second kappa shape index (κ2) is 7.52. The first-order chi connectivity index (χ1) is 13.9. The minimum absolute atomic E-state index is 0.159. The van der Waals surface area contributed by atoms with E-state index in [-0.39, 0.29) is 11.8 Å². The Morgan fingerprint density at radius 3 is 2.31 bits per heavy atom. The Hall–Kier alpha value is -3.45. The summed E-state index contributed by atoms with van der Waals surface area (Å²) in [6.45, 7) is 5.54. The minimum atomic E-state index is -0.213. The van der Waals surface area contributed by atoms with Gasteiger partial charge in [-0.15, -0.1) is 0 Å². The van der Waals surface area contributed by atoms with Gasteiger partial charge in [-0.05, 0) is 62.4 Å². The fourth-order valence-corrected chi connectivity index (χ4v) is 4.32. The van der Waals surface area contributed by atoms with Gasteiger partial charge in [0.2, 0.25) is 5.91 Å². The summed E-state index contributed by atoms with van der Waals surface area (Å²) in [6.07, 6.45) is 0. The highest BCUT2D eigenvalue weighted by Gasteiger charge is 2.13. The fourth-order valence-electron chi connectivity index (χ4n) is 3.20. The highest BCUT2D eigenvalue weighted by Crippen LogP contribution is 2.28. The Morgan fingerprint density at radius 1 is 0.931 bits per heavy atom. The maximum Gasteiger partial charge on any atom is 0.255 e. The van der Waals surface area contributed by atoms with E-state index in [1.807, 2.05) is 26.0 Å². The van der Waals surface area contributed by atoms with Gasteiger partial charge in [0.05, 0.1) is 10.2 Å². The van der Waals surface area contributed by atoms with Gasteiger partial charge in [-0.1, -0.05) is 17.4 Å². The second-order valence-corrected chi connectivity index (χ2v) is 7.86. The molecule has 2 aromatic carbocycles. The second-order valence-electron chi connectivity index (χ2n) is 6.85. The van der Waals surface area contributed by atoms with Crippen molar-refractivity contribution in [2.24, 2.45) is 0 Å². The quantitative estimate of drug-likeness (QED) is 0.507. The summed E-state index contributed by atoms with van der Waals surface area (Å²) in [4.78, 5) is 28.6. The molecule has 2 heterocycles. The van der Waals surface area contributed by atoms with Crippen molar-refractivity contribution in [3.8, 4) is 5.13 Å². The van der Waals surface area contributed by atoms with Crippen LogP contribution in [-0.2, 0) is 4.79 Å². The monoisotopic (exact) mass is 404 g/mol. The molecule has 146 valence electrons. The lowest BCUT2D eigenvalue weighted by atomic mass is 10.2. The van der Waals surface area contributed by atoms with Crippen LogP contribution in [0.4, 0.5) is 11.4 Å². The van der Waals surface area contributed by atoms with E-state index in [1.54, 1.807) is 41.7 Å². The van der Waals surface area contributed by atoms with Crippen LogP contribution in [0.25, 0.3) is 15.3 Å². The predicted molar refractivity (Wildman–Crippen MR) is 117 cm³/mol. The normalized spacial score (nSPS) is 10.9. The molecule has 0 spiro atoms. The Labute approximate surface area is 172 Å². The van der Waals surface area contributed by atoms with E-state index in [9.17, 15) is 9.59 Å². The molecule has 4 rings (SSSR count). The van der Waals surface area contributed by atoms with Gasteiger partial charge in [-0.3, -0.25) is 14.2 Å². The first-order valence-corrected chi connectivity index (χ1v) is 9.97. The van der Waals surface area contributed by atoms with E-state index < -0.39 is 0 Å². The zero-order chi connectivity index (χ0) is 20.5. The van der Waals surface area contributed by atoms with E-state index in [2.05, 4.69) is 27.3 Å². The van der Waals surface area contributed by atoms with Crippen LogP contribution in [-0.4, -0.2) is 21.4 Å². The lowest BCUT2D eigenvalue weighted by molar-refractivity contribution is -0.114. The molecule has 0 saturated heterocycles. The maximum absolute atomic E-state index is 12.7. The largest absolute Gasteiger partial charge is 0.326 e. The van der Waals surface area contributed by atoms with Crippen molar-refractivity contribution in [1.29, 1.82) is 0 Å². The van der Waals surface area contributed by atoms with Crippen molar-refractivity contribution in [2.45, 2.75) is 20.8 Å². The first-order valence-electron chi connectivity index (χ1n) is 9.15. The molecule has 2 aromatic heterocycles. The van der Waals surface area contributed by atoms with Gasteiger partial charge in [-0.2, -0.15) is 0 Å². The van der Waals surface area contributed by atoms with E-state index in [0.29, 0.717) is 16.9 Å². The average molecular weight is 404 g/mol. The summed E-state index contributed by atoms with van der Waals surface area (Å²) in [5.41, 5.74) is 4.91. The van der Waals surface area contributed by atoms with Crippen LogP contribution in [0.1, 0.15) is 28.7 Å². The van der Waals surface area contributed by atoms with Gasteiger partial charge in [0, 0.05) is 35.2 Å². The van der Waals surface area contributed by atoms with Crippen LogP contribution in [0.5, 0.6) is 0 Å². The Kier molecular flexibility index (Phi) is 4.90. The number of aryl methyl sites for hydroxylation is 2. The number of nitrogens with zero attached hydrogens (tertiary/aromatic N) is 2. The van der Waals surface area contributed by atoms with E-state index in [4.69, 9.17) is 4.98 Å². The van der Waals surface area contributed by atoms with Gasteiger partial charge in [0.1, 0.15) is 0 Å². The molecule has 0 fully saturated rings. The number of hydrogen-bond acceptors (Lipinski definition) is 4. The van der Waals surface area contributed by atoms with Crippen LogP contribution in [0.2, 0.25) is 0 Å². The molecular weight excluding hydrogens is 384 g/mol. The van der Waals surface area contributed by atoms with Crippen molar-refractivity contribution >= 4 is 44.7 Å². The Morgan fingerprint density at radius 2 is 1.62 bits per heavy atom. The number of hydrogen-bond donors (Lipinski definition) is 2. The summed E-state index contributed by atoms with van der Waals surface area (Å²) in [5.74, 6) is -0.372. The first kappa shape index (κ1) is 18.9. The van der Waals surface area contributed by atoms with Gasteiger partial charge in [0.15, 0.2) is 5.13 Å². The number of nitrogens with one attached hydrogen (secondary N) is 2. The lowest BCUT2D eigenvalue weighted by Gasteiger charge is -2.08. The zero-order valence-corrected chi connectivity index (χ0v) is 17.1. The SMILES string of the molecule is CC(=O)Nc1cccc(NC(=O)c2ccc3nc(-n4c(C)ccc4C)sc3c2)c1. The molecule has 7 heteroatoms. The van der Waals surface area contributed by atoms with E-state index in [1.165, 1.54) is 6.92 Å². The topological polar surface area (TPSA) is 76.0 Å². The Balaban J connectivity index is 1.59. The van der Waals surface area contributed by atoms with Crippen LogP contribution in [0.3, 0.4) is 0 Å². The molecule has 0 aliphatic carbocycles. The lowest BCUT2D eigenvalue weighted by Crippen LogP contribution is -2.12. The minimum Gasteiger partial charge on any atom is -0.326 e. The molecule has 0 radical (unpaired) electrons. The third-order valence-corrected chi connectivity index (χ3v) is 5.55. The highest BCUT2D eigenvalue weighted by atomic mass is 32.1. The number of carbonyl (C=O) groups excluding carboxylic acids is 2. The molecule has 4 aromatic rings. The summed E-state index contributed by atoms with van der Waals surface area (Å²) < 4.78 is 3.06. The number of anilines is 2. The van der Waals surface area contributed by atoms with Gasteiger partial charge in [0.25, 0.3) is 5.91 Å². The molecule has 0 bridgehead atoms. The molecule has 0 aliphatic heterocycles. The van der Waals surface area contributed by atoms with Crippen LogP contribution >= 0.6 is 11.3 Å². The van der Waals surface area contributed by atoms with Gasteiger partial charge < -0.3 is 10.6 Å². The number of amides is 2. The molecule has 0 unspecified atom stereocenters. The molecular formula is C22H20N4O2S. The predicted octanol–water partition coefficient (Wildman–Crippen LogP) is 4.91. The van der Waals surface area contributed by atoms with Crippen molar-refractivity contribution < 1.29 is 9.59 Å². The number of carbonyl (C=O) groups is 2. The van der Waals surface area contributed by atoms with Crippen molar-refractivity contribution in [1.82, 2.24) is 9.55 Å². The third kappa shape index (κ3) is 3.90. The molecule has 2 N–H and O–H groups in total. The van der Waals surface area contributed by atoms with Crippen molar-refractivity contribution in [3.05, 3.63) is 71.5 Å². The van der Waals surface area contributed by atoms with Crippen LogP contribution in [0, 0.1) is 13.8 Å². The maximum atomic E-state index is 12.7. The summed E-state index contributed by atoms with van der Waals surface area (Å²) in [6, 6.07) is 16.7. The average Bonchev–Trinajstić information content (AvgIpc) is 3.23. The number of benzene rings is 2. The molecule has 2 amide bonds. The van der Waals surface area contributed by atoms with Crippen molar-refractivity contribution in [3.63, 3.8) is 0 Å². The molecule has 6 nitrogen and oxygen atoms in total.